The first kappa shape index (κ1) is 45.3. The van der Waals surface area contributed by atoms with Crippen LogP contribution in [0.25, 0.3) is 12.2 Å². The SMILES string of the molecule is C=CCc1cccc(C2C3=CCC4C(=O)N(c5ccc(C=Cc6cc(OC)ccc6OC)cc5)C(=O)C4C3CC3C(=O)N(Nc4ncc(C(F)(F)F)cc4Cl)C(=O)C32c2ccc(Cl)cc2)c1O. The molecule has 4 aromatic carbocycles. The Bertz CT molecular complexity index is 2920. The standard InChI is InChI=1S/C51H41Cl2F3N4O7/c1-4-6-28-7-5-8-37(44(28)61)43-35-20-21-36-42(48(64)59(46(36)62)33-17-10-27(11-18-33)9-12-29-23-34(66-2)19-22-41(29)67-3)38(35)25-39-47(63)60(49(65)50(39,43)30-13-15-32(52)16-14-30)58-45-40(53)24-31(26-57-45)51(54,55)56/h4-5,7-20,22-24,26,36,38-39,42-43,61H,1,6,21,25H2,2-3H3,(H,57,58). The summed E-state index contributed by atoms with van der Waals surface area (Å²) in [6.45, 7) is 3.83. The van der Waals surface area contributed by atoms with Crippen molar-refractivity contribution in [1.29, 1.82) is 0 Å². The number of hydrogen-bond acceptors (Lipinski definition) is 9. The van der Waals surface area contributed by atoms with Crippen LogP contribution in [0.3, 0.4) is 0 Å². The van der Waals surface area contributed by atoms with E-state index in [0.29, 0.717) is 56.2 Å². The zero-order valence-electron chi connectivity index (χ0n) is 35.9. The van der Waals surface area contributed by atoms with Crippen molar-refractivity contribution in [2.75, 3.05) is 24.5 Å². The summed E-state index contributed by atoms with van der Waals surface area (Å²) in [5, 5.41) is 12.7. The number of anilines is 2. The maximum Gasteiger partial charge on any atom is 0.417 e. The molecule has 6 atom stereocenters. The number of amides is 4. The minimum absolute atomic E-state index is 0.0967. The van der Waals surface area contributed by atoms with Gasteiger partial charge in [0.15, 0.2) is 5.82 Å². The number of para-hydroxylation sites is 1. The van der Waals surface area contributed by atoms with Crippen molar-refractivity contribution in [3.05, 3.63) is 165 Å². The summed E-state index contributed by atoms with van der Waals surface area (Å²) in [5.74, 6) is -6.70. The van der Waals surface area contributed by atoms with Crippen LogP contribution in [0.1, 0.15) is 52.1 Å². The van der Waals surface area contributed by atoms with Crippen molar-refractivity contribution in [2.24, 2.45) is 23.7 Å². The number of aromatic nitrogens is 1. The second-order valence-corrected chi connectivity index (χ2v) is 17.7. The molecule has 11 nitrogen and oxygen atoms in total. The molecule has 2 aliphatic carbocycles. The van der Waals surface area contributed by atoms with Gasteiger partial charge < -0.3 is 14.6 Å². The van der Waals surface area contributed by atoms with E-state index in [9.17, 15) is 27.9 Å². The van der Waals surface area contributed by atoms with E-state index in [4.69, 9.17) is 32.7 Å². The Kier molecular flexibility index (Phi) is 11.8. The molecule has 3 heterocycles. The molecule has 0 radical (unpaired) electrons. The number of pyridine rings is 1. The van der Waals surface area contributed by atoms with Crippen LogP contribution in [0.4, 0.5) is 24.7 Å². The van der Waals surface area contributed by atoms with Gasteiger partial charge in [0.25, 0.3) is 11.8 Å². The molecule has 5 aromatic rings. The number of phenols is 1. The van der Waals surface area contributed by atoms with E-state index >= 15 is 9.59 Å². The van der Waals surface area contributed by atoms with Gasteiger partial charge in [-0.05, 0) is 90.4 Å². The summed E-state index contributed by atoms with van der Waals surface area (Å²) in [6, 6.07) is 24.5. The molecule has 0 spiro atoms. The molecule has 4 amide bonds. The number of nitrogens with zero attached hydrogens (tertiary/aromatic N) is 3. The number of phenolic OH excluding ortho intramolecular Hbond substituents is 1. The summed E-state index contributed by atoms with van der Waals surface area (Å²) in [4.78, 5) is 65.1. The van der Waals surface area contributed by atoms with E-state index in [0.717, 1.165) is 11.1 Å². The molecule has 3 fully saturated rings. The average Bonchev–Trinajstić information content (AvgIpc) is 3.70. The fraction of sp³-hybridized carbons (Fsp3) is 0.235. The summed E-state index contributed by atoms with van der Waals surface area (Å²) >= 11 is 12.7. The van der Waals surface area contributed by atoms with Crippen molar-refractivity contribution < 1.29 is 46.9 Å². The molecule has 16 heteroatoms. The molecular formula is C51H41Cl2F3N4O7. The maximum absolute atomic E-state index is 15.6. The van der Waals surface area contributed by atoms with Crippen molar-refractivity contribution >= 4 is 70.5 Å². The highest BCUT2D eigenvalue weighted by molar-refractivity contribution is 6.33. The highest BCUT2D eigenvalue weighted by Gasteiger charge is 2.71. The van der Waals surface area contributed by atoms with Gasteiger partial charge in [-0.15, -0.1) is 6.58 Å². The Morgan fingerprint density at radius 1 is 0.910 bits per heavy atom. The monoisotopic (exact) mass is 948 g/mol. The van der Waals surface area contributed by atoms with Gasteiger partial charge in [0.05, 0.1) is 53.7 Å². The van der Waals surface area contributed by atoms with Crippen LogP contribution in [0.5, 0.6) is 17.2 Å². The predicted octanol–water partition coefficient (Wildman–Crippen LogP) is 10.2. The third-order valence-electron chi connectivity index (χ3n) is 13.4. The zero-order valence-corrected chi connectivity index (χ0v) is 37.4. The van der Waals surface area contributed by atoms with Crippen LogP contribution < -0.4 is 19.8 Å². The lowest BCUT2D eigenvalue weighted by molar-refractivity contribution is -0.139. The van der Waals surface area contributed by atoms with Crippen LogP contribution in [0.15, 0.2) is 121 Å². The van der Waals surface area contributed by atoms with E-state index in [1.807, 2.05) is 24.3 Å². The van der Waals surface area contributed by atoms with E-state index in [1.165, 1.54) is 4.90 Å². The second kappa shape index (κ2) is 17.4. The number of halogens is 5. The minimum atomic E-state index is -4.78. The molecule has 1 saturated carbocycles. The number of nitrogens with one attached hydrogen (secondary N) is 1. The number of carbonyl (C=O) groups is 4. The number of benzene rings is 4. The Labute approximate surface area is 393 Å². The lowest BCUT2D eigenvalue weighted by Crippen LogP contribution is -2.53. The number of rotatable bonds is 11. The first-order valence-corrected chi connectivity index (χ1v) is 22.0. The Morgan fingerprint density at radius 2 is 1.66 bits per heavy atom. The lowest BCUT2D eigenvalue weighted by atomic mass is 9.49. The van der Waals surface area contributed by atoms with Gasteiger partial charge >= 0.3 is 6.18 Å². The number of alkyl halides is 3. The van der Waals surface area contributed by atoms with Gasteiger partial charge in [-0.3, -0.25) is 29.5 Å². The summed E-state index contributed by atoms with van der Waals surface area (Å²) in [5.41, 5.74) is 3.24. The van der Waals surface area contributed by atoms with Crippen molar-refractivity contribution in [3.8, 4) is 17.2 Å². The Balaban J connectivity index is 1.13. The number of fused-ring (bicyclic) bond motifs is 4. The fourth-order valence-corrected chi connectivity index (χ4v) is 10.8. The highest BCUT2D eigenvalue weighted by atomic mass is 35.5. The van der Waals surface area contributed by atoms with E-state index in [2.05, 4.69) is 17.0 Å². The molecule has 2 saturated heterocycles. The number of allylic oxidation sites excluding steroid dienone is 3. The maximum atomic E-state index is 15.6. The molecule has 342 valence electrons. The molecule has 2 N–H and O–H groups in total. The molecule has 67 heavy (non-hydrogen) atoms. The summed E-state index contributed by atoms with van der Waals surface area (Å²) < 4.78 is 51.7. The normalized spacial score (nSPS) is 23.5. The molecular weight excluding hydrogens is 908 g/mol. The molecule has 1 aromatic heterocycles. The number of methoxy groups -OCH3 is 2. The molecule has 2 aliphatic heterocycles. The smallest absolute Gasteiger partial charge is 0.417 e. The number of hydrogen-bond donors (Lipinski definition) is 2. The number of ether oxygens (including phenoxy) is 2. The van der Waals surface area contributed by atoms with Gasteiger partial charge in [0.2, 0.25) is 11.8 Å². The quantitative estimate of drug-likeness (QED) is 0.0753. The van der Waals surface area contributed by atoms with Gasteiger partial charge in [-0.25, -0.2) is 4.98 Å². The summed E-state index contributed by atoms with van der Waals surface area (Å²) in [6.07, 6.45) is 3.20. The van der Waals surface area contributed by atoms with Gasteiger partial charge in [-0.1, -0.05) is 95.5 Å². The van der Waals surface area contributed by atoms with Crippen LogP contribution in [-0.4, -0.2) is 52.9 Å². The van der Waals surface area contributed by atoms with Crippen LogP contribution >= 0.6 is 23.2 Å². The molecule has 9 rings (SSSR count). The lowest BCUT2D eigenvalue weighted by Gasteiger charge is -2.50. The molecule has 4 aliphatic rings. The number of aromatic hydroxyl groups is 1. The largest absolute Gasteiger partial charge is 0.507 e. The third-order valence-corrected chi connectivity index (χ3v) is 14.0. The number of carbonyl (C=O) groups excluding carboxylic acids is 4. The van der Waals surface area contributed by atoms with E-state index in [-0.39, 0.29) is 36.4 Å². The fourth-order valence-electron chi connectivity index (χ4n) is 10.4. The molecule has 6 unspecified atom stereocenters. The zero-order chi connectivity index (χ0) is 47.5. The van der Waals surface area contributed by atoms with Gasteiger partial charge in [0.1, 0.15) is 17.2 Å². The molecule has 0 bridgehead atoms. The first-order valence-electron chi connectivity index (χ1n) is 21.3. The topological polar surface area (TPSA) is 138 Å². The van der Waals surface area contributed by atoms with Crippen LogP contribution in [0, 0.1) is 23.7 Å². The van der Waals surface area contributed by atoms with Crippen molar-refractivity contribution in [2.45, 2.75) is 36.8 Å². The Morgan fingerprint density at radius 3 is 2.33 bits per heavy atom. The van der Waals surface area contributed by atoms with Crippen LogP contribution in [-0.2, 0) is 37.2 Å². The van der Waals surface area contributed by atoms with Gasteiger partial charge in [0, 0.05) is 28.3 Å². The Hall–Kier alpha value is -6.90. The number of imide groups is 2. The van der Waals surface area contributed by atoms with Crippen LogP contribution in [0.2, 0.25) is 10.0 Å². The van der Waals surface area contributed by atoms with Crippen molar-refractivity contribution in [1.82, 2.24) is 9.99 Å². The highest BCUT2D eigenvalue weighted by Crippen LogP contribution is 2.65. The minimum Gasteiger partial charge on any atom is -0.507 e. The van der Waals surface area contributed by atoms with E-state index in [1.54, 1.807) is 99.2 Å². The third kappa shape index (κ3) is 7.52. The summed E-state index contributed by atoms with van der Waals surface area (Å²) in [7, 11) is 3.14. The predicted molar refractivity (Wildman–Crippen MR) is 246 cm³/mol. The number of hydrazine groups is 1. The first-order chi connectivity index (χ1) is 32.1. The average molecular weight is 950 g/mol. The van der Waals surface area contributed by atoms with Gasteiger partial charge in [-0.2, -0.15) is 18.2 Å². The second-order valence-electron chi connectivity index (χ2n) is 16.8. The van der Waals surface area contributed by atoms with Crippen molar-refractivity contribution in [3.63, 3.8) is 0 Å². The van der Waals surface area contributed by atoms with E-state index < -0.39 is 75.4 Å².